The standard InChI is InChI=1S/C27H40O2/c1-3-5-7-10-21-13-16-23(17-14-21)26(22-11-8-6-9-12-22)27(29)24-18-15-20(4-2)19-25(24)28/h6,8-9,11-12,20-21,23-24,26H,3-5,7,10,13-19H2,1-2H3. The van der Waals surface area contributed by atoms with Crippen LogP contribution in [0.3, 0.4) is 0 Å². The lowest BCUT2D eigenvalue weighted by molar-refractivity contribution is -0.137. The monoisotopic (exact) mass is 396 g/mol. The van der Waals surface area contributed by atoms with Gasteiger partial charge >= 0.3 is 0 Å². The highest BCUT2D eigenvalue weighted by Gasteiger charge is 2.40. The summed E-state index contributed by atoms with van der Waals surface area (Å²) in [6.07, 6.45) is 13.6. The quantitative estimate of drug-likeness (QED) is 0.329. The topological polar surface area (TPSA) is 34.1 Å². The molecule has 2 aliphatic carbocycles. The van der Waals surface area contributed by atoms with Crippen molar-refractivity contribution in [2.24, 2.45) is 23.7 Å². The van der Waals surface area contributed by atoms with Crippen LogP contribution in [-0.4, -0.2) is 11.6 Å². The minimum Gasteiger partial charge on any atom is -0.299 e. The first kappa shape index (κ1) is 22.2. The molecule has 2 aliphatic rings. The Hall–Kier alpha value is -1.44. The minimum atomic E-state index is -0.356. The number of carbonyl (C=O) groups is 2. The van der Waals surface area contributed by atoms with Crippen LogP contribution in [0.25, 0.3) is 0 Å². The average molecular weight is 397 g/mol. The van der Waals surface area contributed by atoms with E-state index >= 15 is 0 Å². The second-order valence-electron chi connectivity index (χ2n) is 9.64. The lowest BCUT2D eigenvalue weighted by atomic mass is 9.67. The third-order valence-corrected chi connectivity index (χ3v) is 7.71. The van der Waals surface area contributed by atoms with Crippen LogP contribution >= 0.6 is 0 Å². The van der Waals surface area contributed by atoms with Crippen molar-refractivity contribution in [2.45, 2.75) is 96.8 Å². The average Bonchev–Trinajstić information content (AvgIpc) is 2.75. The molecule has 2 nitrogen and oxygen atoms in total. The van der Waals surface area contributed by atoms with Crippen LogP contribution < -0.4 is 0 Å². The number of benzene rings is 1. The van der Waals surface area contributed by atoms with E-state index in [1.165, 1.54) is 38.5 Å². The third-order valence-electron chi connectivity index (χ3n) is 7.71. The van der Waals surface area contributed by atoms with Crippen LogP contribution in [0.15, 0.2) is 30.3 Å². The summed E-state index contributed by atoms with van der Waals surface area (Å²) in [4.78, 5) is 26.5. The number of hydrogen-bond acceptors (Lipinski definition) is 2. The Morgan fingerprint density at radius 3 is 2.24 bits per heavy atom. The van der Waals surface area contributed by atoms with E-state index in [9.17, 15) is 9.59 Å². The van der Waals surface area contributed by atoms with Gasteiger partial charge in [0.25, 0.3) is 0 Å². The maximum atomic E-state index is 13.7. The lowest BCUT2D eigenvalue weighted by Gasteiger charge is -2.36. The number of unbranched alkanes of at least 4 members (excludes halogenated alkanes) is 2. The zero-order valence-corrected chi connectivity index (χ0v) is 18.6. The Labute approximate surface area is 177 Å². The maximum Gasteiger partial charge on any atom is 0.151 e. The molecule has 0 spiro atoms. The summed E-state index contributed by atoms with van der Waals surface area (Å²) in [6.45, 7) is 4.42. The summed E-state index contributed by atoms with van der Waals surface area (Å²) in [5.41, 5.74) is 1.14. The van der Waals surface area contributed by atoms with E-state index in [1.54, 1.807) is 0 Å². The molecule has 0 saturated heterocycles. The summed E-state index contributed by atoms with van der Waals surface area (Å²) < 4.78 is 0. The Morgan fingerprint density at radius 2 is 1.62 bits per heavy atom. The van der Waals surface area contributed by atoms with Crippen molar-refractivity contribution in [2.75, 3.05) is 0 Å². The van der Waals surface area contributed by atoms with Crippen molar-refractivity contribution in [1.29, 1.82) is 0 Å². The van der Waals surface area contributed by atoms with Gasteiger partial charge in [0.05, 0.1) is 5.92 Å². The van der Waals surface area contributed by atoms with Crippen molar-refractivity contribution < 1.29 is 9.59 Å². The van der Waals surface area contributed by atoms with Crippen molar-refractivity contribution in [3.63, 3.8) is 0 Å². The molecule has 1 aromatic rings. The zero-order valence-electron chi connectivity index (χ0n) is 18.6. The Morgan fingerprint density at radius 1 is 0.931 bits per heavy atom. The van der Waals surface area contributed by atoms with E-state index in [1.807, 2.05) is 18.2 Å². The summed E-state index contributed by atoms with van der Waals surface area (Å²) in [6, 6.07) is 10.3. The van der Waals surface area contributed by atoms with Gasteiger partial charge in [0.1, 0.15) is 5.78 Å². The van der Waals surface area contributed by atoms with Crippen LogP contribution in [0.2, 0.25) is 0 Å². The molecule has 3 rings (SSSR count). The molecule has 2 fully saturated rings. The summed E-state index contributed by atoms with van der Waals surface area (Å²) in [5.74, 6) is 1.73. The second kappa shape index (κ2) is 11.1. The van der Waals surface area contributed by atoms with Crippen LogP contribution in [-0.2, 0) is 9.59 Å². The highest BCUT2D eigenvalue weighted by molar-refractivity contribution is 6.05. The third kappa shape index (κ3) is 5.80. The summed E-state index contributed by atoms with van der Waals surface area (Å²) >= 11 is 0. The fraction of sp³-hybridized carbons (Fsp3) is 0.704. The molecule has 160 valence electrons. The SMILES string of the molecule is CCCCCC1CCC(C(C(=O)C2CCC(CC)CC2=O)c2ccccc2)CC1. The molecular weight excluding hydrogens is 356 g/mol. The fourth-order valence-corrected chi connectivity index (χ4v) is 5.78. The highest BCUT2D eigenvalue weighted by atomic mass is 16.2. The Kier molecular flexibility index (Phi) is 8.51. The van der Waals surface area contributed by atoms with Gasteiger partial charge in [-0.05, 0) is 49.0 Å². The van der Waals surface area contributed by atoms with E-state index in [-0.39, 0.29) is 23.4 Å². The number of carbonyl (C=O) groups excluding carboxylic acids is 2. The van der Waals surface area contributed by atoms with Gasteiger partial charge in [0.2, 0.25) is 0 Å². The van der Waals surface area contributed by atoms with Gasteiger partial charge in [0.15, 0.2) is 5.78 Å². The van der Waals surface area contributed by atoms with Gasteiger partial charge in [0, 0.05) is 12.3 Å². The number of rotatable bonds is 9. The first-order valence-electron chi connectivity index (χ1n) is 12.2. The molecule has 2 saturated carbocycles. The molecule has 0 heterocycles. The number of Topliss-reactive ketones (excluding diaryl/α,β-unsaturated/α-hetero) is 2. The highest BCUT2D eigenvalue weighted by Crippen LogP contribution is 2.43. The van der Waals surface area contributed by atoms with E-state index in [4.69, 9.17) is 0 Å². The van der Waals surface area contributed by atoms with E-state index in [0.29, 0.717) is 18.3 Å². The molecule has 0 N–H and O–H groups in total. The van der Waals surface area contributed by atoms with Crippen LogP contribution in [0, 0.1) is 23.7 Å². The van der Waals surface area contributed by atoms with Crippen LogP contribution in [0.1, 0.15) is 102 Å². The Balaban J connectivity index is 1.70. The van der Waals surface area contributed by atoms with E-state index in [0.717, 1.165) is 43.6 Å². The van der Waals surface area contributed by atoms with Crippen molar-refractivity contribution in [3.8, 4) is 0 Å². The van der Waals surface area contributed by atoms with Crippen molar-refractivity contribution in [3.05, 3.63) is 35.9 Å². The number of hydrogen-bond donors (Lipinski definition) is 0. The molecule has 0 aliphatic heterocycles. The molecule has 3 unspecified atom stereocenters. The van der Waals surface area contributed by atoms with Crippen LogP contribution in [0.5, 0.6) is 0 Å². The summed E-state index contributed by atoms with van der Waals surface area (Å²) in [5, 5.41) is 0. The van der Waals surface area contributed by atoms with Gasteiger partial charge in [-0.25, -0.2) is 0 Å². The smallest absolute Gasteiger partial charge is 0.151 e. The first-order chi connectivity index (χ1) is 14.1. The predicted octanol–water partition coefficient (Wildman–Crippen LogP) is 7.12. The molecule has 0 bridgehead atoms. The normalized spacial score (nSPS) is 28.8. The summed E-state index contributed by atoms with van der Waals surface area (Å²) in [7, 11) is 0. The van der Waals surface area contributed by atoms with Crippen molar-refractivity contribution >= 4 is 11.6 Å². The van der Waals surface area contributed by atoms with E-state index in [2.05, 4.69) is 26.0 Å². The Bertz CT molecular complexity index is 642. The number of ketones is 2. The molecule has 3 atom stereocenters. The first-order valence-corrected chi connectivity index (χ1v) is 12.2. The molecule has 0 aromatic heterocycles. The molecule has 29 heavy (non-hydrogen) atoms. The molecule has 2 heteroatoms. The largest absolute Gasteiger partial charge is 0.299 e. The van der Waals surface area contributed by atoms with E-state index < -0.39 is 0 Å². The predicted molar refractivity (Wildman–Crippen MR) is 120 cm³/mol. The van der Waals surface area contributed by atoms with Gasteiger partial charge in [-0.3, -0.25) is 9.59 Å². The minimum absolute atomic E-state index is 0.0834. The molecular formula is C27H40O2. The van der Waals surface area contributed by atoms with Crippen LogP contribution in [0.4, 0.5) is 0 Å². The molecule has 0 radical (unpaired) electrons. The van der Waals surface area contributed by atoms with Crippen molar-refractivity contribution in [1.82, 2.24) is 0 Å². The lowest BCUT2D eigenvalue weighted by Crippen LogP contribution is -2.37. The molecule has 1 aromatic carbocycles. The van der Waals surface area contributed by atoms with Gasteiger partial charge in [-0.1, -0.05) is 89.1 Å². The van der Waals surface area contributed by atoms with Gasteiger partial charge in [-0.15, -0.1) is 0 Å². The van der Waals surface area contributed by atoms with Gasteiger partial charge in [-0.2, -0.15) is 0 Å². The van der Waals surface area contributed by atoms with Gasteiger partial charge < -0.3 is 0 Å². The molecule has 0 amide bonds. The maximum absolute atomic E-state index is 13.7. The zero-order chi connectivity index (χ0) is 20.6. The fourth-order valence-electron chi connectivity index (χ4n) is 5.78. The second-order valence-corrected chi connectivity index (χ2v) is 9.64.